The molecule has 0 saturated carbocycles. The third-order valence-electron chi connectivity index (χ3n) is 5.56. The van der Waals surface area contributed by atoms with Crippen molar-refractivity contribution in [3.05, 3.63) is 48.8 Å². The Balaban J connectivity index is 0.000000196. The molecule has 0 amide bonds. The maximum absolute atomic E-state index is 4.47. The molecular weight excluding hydrogens is 513 g/mol. The normalized spacial score (nSPS) is 16.7. The minimum Gasteiger partial charge on any atom is -0.302 e. The molecule has 4 rings (SSSR count). The molecular formula is C25H36N6S4. The Morgan fingerprint density at radius 2 is 1.31 bits per heavy atom. The second-order valence-electron chi connectivity index (χ2n) is 8.55. The van der Waals surface area contributed by atoms with Gasteiger partial charge in [0.1, 0.15) is 21.4 Å². The van der Waals surface area contributed by atoms with Gasteiger partial charge in [-0.15, -0.1) is 36.7 Å². The molecule has 4 heterocycles. The Morgan fingerprint density at radius 3 is 1.80 bits per heavy atom. The van der Waals surface area contributed by atoms with Crippen LogP contribution in [0, 0.1) is 0 Å². The second-order valence-corrected chi connectivity index (χ2v) is 11.8. The number of thioether (sulfide) groups is 2. The summed E-state index contributed by atoms with van der Waals surface area (Å²) in [6.07, 6.45) is 14.0. The fourth-order valence-electron chi connectivity index (χ4n) is 3.71. The molecule has 0 unspecified atom stereocenters. The summed E-state index contributed by atoms with van der Waals surface area (Å²) in [4.78, 5) is 4.66. The van der Waals surface area contributed by atoms with Gasteiger partial charge >= 0.3 is 0 Å². The first-order valence-electron chi connectivity index (χ1n) is 12.0. The highest BCUT2D eigenvalue weighted by Gasteiger charge is 2.18. The van der Waals surface area contributed by atoms with Crippen molar-refractivity contribution in [2.75, 3.05) is 51.8 Å². The van der Waals surface area contributed by atoms with Crippen molar-refractivity contribution in [3.8, 4) is 0 Å². The van der Waals surface area contributed by atoms with Gasteiger partial charge in [0, 0.05) is 31.9 Å². The second kappa shape index (κ2) is 15.7. The van der Waals surface area contributed by atoms with E-state index in [0.29, 0.717) is 0 Å². The average Bonchev–Trinajstić information content (AvgIpc) is 3.52. The zero-order chi connectivity index (χ0) is 24.9. The summed E-state index contributed by atoms with van der Waals surface area (Å²) in [5.41, 5.74) is 4.86. The van der Waals surface area contributed by atoms with E-state index < -0.39 is 0 Å². The van der Waals surface area contributed by atoms with Crippen molar-refractivity contribution in [3.63, 3.8) is 0 Å². The van der Waals surface area contributed by atoms with Gasteiger partial charge in [-0.3, -0.25) is 0 Å². The maximum Gasteiger partial charge on any atom is 0.138 e. The van der Waals surface area contributed by atoms with Crippen LogP contribution in [0.25, 0.3) is 11.1 Å². The van der Waals surface area contributed by atoms with Crippen LogP contribution in [0.15, 0.2) is 47.5 Å². The molecule has 0 aliphatic carbocycles. The van der Waals surface area contributed by atoms with Gasteiger partial charge in [0.15, 0.2) is 0 Å². The smallest absolute Gasteiger partial charge is 0.138 e. The molecule has 0 fully saturated rings. The highest BCUT2D eigenvalue weighted by molar-refractivity contribution is 7.99. The zero-order valence-electron chi connectivity index (χ0n) is 20.8. The van der Waals surface area contributed by atoms with Crippen molar-refractivity contribution in [1.29, 1.82) is 0 Å². The van der Waals surface area contributed by atoms with E-state index in [-0.39, 0.29) is 0 Å². The molecule has 10 heteroatoms. The molecule has 0 spiro atoms. The van der Waals surface area contributed by atoms with Crippen LogP contribution in [0.5, 0.6) is 0 Å². The zero-order valence-corrected chi connectivity index (χ0v) is 24.1. The van der Waals surface area contributed by atoms with Gasteiger partial charge in [-0.2, -0.15) is 17.5 Å². The lowest BCUT2D eigenvalue weighted by Gasteiger charge is -2.22. The summed E-state index contributed by atoms with van der Waals surface area (Å²) in [7, 11) is 4.31. The van der Waals surface area contributed by atoms with Crippen molar-refractivity contribution in [2.45, 2.75) is 42.2 Å². The third kappa shape index (κ3) is 9.26. The maximum atomic E-state index is 4.47. The Morgan fingerprint density at radius 1 is 0.800 bits per heavy atom. The van der Waals surface area contributed by atoms with Crippen molar-refractivity contribution < 1.29 is 0 Å². The van der Waals surface area contributed by atoms with Gasteiger partial charge < -0.3 is 9.80 Å². The molecule has 0 bridgehead atoms. The van der Waals surface area contributed by atoms with Crippen LogP contribution in [0.1, 0.15) is 43.5 Å². The Bertz CT molecular complexity index is 996. The number of aromatic nitrogens is 4. The van der Waals surface area contributed by atoms with Gasteiger partial charge in [0.05, 0.1) is 23.5 Å². The van der Waals surface area contributed by atoms with Gasteiger partial charge in [-0.1, -0.05) is 24.3 Å². The van der Waals surface area contributed by atoms with Crippen LogP contribution in [0.4, 0.5) is 0 Å². The number of unbranched alkanes of at least 4 members (excludes halogenated alkanes) is 1. The van der Waals surface area contributed by atoms with E-state index in [2.05, 4.69) is 66.7 Å². The van der Waals surface area contributed by atoms with Crippen molar-refractivity contribution in [1.82, 2.24) is 27.3 Å². The minimum atomic E-state index is 0.987. The largest absolute Gasteiger partial charge is 0.302 e. The summed E-state index contributed by atoms with van der Waals surface area (Å²) >= 11 is 6.24. The lowest BCUT2D eigenvalue weighted by molar-refractivity contribution is 0.372. The van der Waals surface area contributed by atoms with E-state index in [1.165, 1.54) is 34.6 Å². The number of nitrogens with zero attached hydrogens (tertiary/aromatic N) is 6. The number of hydrogen-bond acceptors (Lipinski definition) is 10. The molecule has 2 aromatic rings. The van der Waals surface area contributed by atoms with Crippen LogP contribution < -0.4 is 0 Å². The number of hydrogen-bond donors (Lipinski definition) is 0. The average molecular weight is 549 g/mol. The van der Waals surface area contributed by atoms with E-state index >= 15 is 0 Å². The lowest BCUT2D eigenvalue weighted by atomic mass is 10.1. The summed E-state index contributed by atoms with van der Waals surface area (Å²) in [5, 5.41) is 2.18. The monoisotopic (exact) mass is 548 g/mol. The van der Waals surface area contributed by atoms with E-state index in [0.717, 1.165) is 91.2 Å². The molecule has 0 aromatic carbocycles. The quantitative estimate of drug-likeness (QED) is 0.186. The van der Waals surface area contributed by atoms with E-state index in [4.69, 9.17) is 0 Å². The number of allylic oxidation sites excluding steroid dienone is 2. The molecule has 0 saturated heterocycles. The summed E-state index contributed by atoms with van der Waals surface area (Å²) in [6, 6.07) is 0. The van der Waals surface area contributed by atoms with Crippen LogP contribution in [-0.2, 0) is 0 Å². The number of rotatable bonds is 11. The molecule has 190 valence electrons. The molecule has 2 aliphatic rings. The van der Waals surface area contributed by atoms with E-state index in [9.17, 15) is 0 Å². The molecule has 35 heavy (non-hydrogen) atoms. The predicted octanol–water partition coefficient (Wildman–Crippen LogP) is 6.24. The predicted molar refractivity (Wildman–Crippen MR) is 156 cm³/mol. The molecule has 0 N–H and O–H groups in total. The van der Waals surface area contributed by atoms with Crippen LogP contribution >= 0.6 is 47.0 Å². The third-order valence-corrected chi connectivity index (χ3v) is 8.90. The van der Waals surface area contributed by atoms with Crippen LogP contribution in [0.2, 0.25) is 0 Å². The van der Waals surface area contributed by atoms with Gasteiger partial charge in [0.25, 0.3) is 0 Å². The molecule has 2 aliphatic heterocycles. The van der Waals surface area contributed by atoms with Crippen molar-refractivity contribution in [2.24, 2.45) is 0 Å². The fraction of sp³-hybridized carbons (Fsp3) is 0.520. The topological polar surface area (TPSA) is 58.0 Å². The molecule has 0 atom stereocenters. The minimum absolute atomic E-state index is 0.987. The molecule has 2 aromatic heterocycles. The first-order chi connectivity index (χ1) is 17.1. The first kappa shape index (κ1) is 28.3. The fourth-order valence-corrected chi connectivity index (χ4v) is 7.03. The first-order valence-corrected chi connectivity index (χ1v) is 15.4. The Kier molecular flexibility index (Phi) is 12.7. The highest BCUT2D eigenvalue weighted by Crippen LogP contribution is 2.30. The molecule has 0 radical (unpaired) electrons. The lowest BCUT2D eigenvalue weighted by Crippen LogP contribution is -2.25. The summed E-state index contributed by atoms with van der Waals surface area (Å²) in [5.74, 6) is 2.12. The summed E-state index contributed by atoms with van der Waals surface area (Å²) in [6.45, 7) is 11.7. The van der Waals surface area contributed by atoms with Gasteiger partial charge in [0.2, 0.25) is 0 Å². The highest BCUT2D eigenvalue weighted by atomic mass is 32.2. The SMILES string of the molecule is C=CCCCSc1nsnc1C1=CCCN(C)C1.C=CCCSc1nsnc1C1=CCCN(C)C1. The molecule has 6 nitrogen and oxygen atoms in total. The van der Waals surface area contributed by atoms with Gasteiger partial charge in [-0.05, 0) is 63.1 Å². The van der Waals surface area contributed by atoms with Gasteiger partial charge in [-0.25, -0.2) is 0 Å². The van der Waals surface area contributed by atoms with Crippen molar-refractivity contribution >= 4 is 58.1 Å². The number of likely N-dealkylation sites (N-methyl/N-ethyl adjacent to an activating group) is 2. The summed E-state index contributed by atoms with van der Waals surface area (Å²) < 4.78 is 17.7. The van der Waals surface area contributed by atoms with E-state index in [1.807, 2.05) is 23.9 Å². The standard InChI is InChI=1S/C13H19N3S2.C12H17N3S2/c1-3-4-5-9-17-13-12(14-18-15-13)11-7-6-8-16(2)10-11;1-3-4-8-16-12-11(13-17-14-12)10-6-5-7-15(2)9-10/h3,7H,1,4-6,8-10H2,2H3;3,6H,1,4-5,7-9H2,2H3. The van der Waals surface area contributed by atoms with Crippen LogP contribution in [-0.4, -0.2) is 79.1 Å². The Labute approximate surface area is 227 Å². The Hall–Kier alpha value is -1.30. The van der Waals surface area contributed by atoms with Crippen LogP contribution in [0.3, 0.4) is 0 Å². The van der Waals surface area contributed by atoms with E-state index in [1.54, 1.807) is 11.8 Å².